The zero-order valence-corrected chi connectivity index (χ0v) is 16.4. The molecule has 4 aromatic rings. The van der Waals surface area contributed by atoms with Crippen LogP contribution in [0, 0.1) is 0 Å². The maximum absolute atomic E-state index is 5.22. The Morgan fingerprint density at radius 2 is 1.79 bits per heavy atom. The first-order chi connectivity index (χ1) is 14.1. The summed E-state index contributed by atoms with van der Waals surface area (Å²) in [5.74, 6) is 1.29. The number of nitrogens with zero attached hydrogens (tertiary/aromatic N) is 6. The Labute approximate surface area is 168 Å². The third kappa shape index (κ3) is 4.16. The van der Waals surface area contributed by atoms with E-state index in [4.69, 9.17) is 4.74 Å². The lowest BCUT2D eigenvalue weighted by Gasteiger charge is -2.07. The van der Waals surface area contributed by atoms with E-state index < -0.39 is 0 Å². The van der Waals surface area contributed by atoms with Crippen LogP contribution in [-0.4, -0.2) is 52.2 Å². The molecule has 0 saturated heterocycles. The lowest BCUT2D eigenvalue weighted by atomic mass is 10.3. The summed E-state index contributed by atoms with van der Waals surface area (Å²) in [6.45, 7) is 0. The molecule has 0 aliphatic heterocycles. The second kappa shape index (κ2) is 7.97. The molecule has 4 rings (SSSR count). The van der Waals surface area contributed by atoms with Gasteiger partial charge in [-0.25, -0.2) is 14.7 Å². The molecule has 0 aliphatic rings. The maximum atomic E-state index is 5.22. The van der Waals surface area contributed by atoms with Crippen LogP contribution in [0.1, 0.15) is 0 Å². The van der Waals surface area contributed by atoms with Crippen LogP contribution in [0.5, 0.6) is 5.75 Å². The van der Waals surface area contributed by atoms with Gasteiger partial charge < -0.3 is 15.0 Å². The highest BCUT2D eigenvalue weighted by atomic mass is 16.5. The second-order valence-electron chi connectivity index (χ2n) is 6.61. The predicted octanol–water partition coefficient (Wildman–Crippen LogP) is 3.79. The fraction of sp³-hybridized carbons (Fsp3) is 0.143. The summed E-state index contributed by atoms with van der Waals surface area (Å²) >= 11 is 0. The minimum atomic E-state index is 0.498. The first-order valence-corrected chi connectivity index (χ1v) is 9.05. The molecule has 0 amide bonds. The third-order valence-corrected chi connectivity index (χ3v) is 4.19. The van der Waals surface area contributed by atoms with Gasteiger partial charge in [0.25, 0.3) is 0 Å². The fourth-order valence-electron chi connectivity index (χ4n) is 2.73. The van der Waals surface area contributed by atoms with Gasteiger partial charge in [-0.05, 0) is 48.5 Å². The van der Waals surface area contributed by atoms with Gasteiger partial charge in [-0.15, -0.1) is 0 Å². The molecule has 0 aliphatic carbocycles. The summed E-state index contributed by atoms with van der Waals surface area (Å²) in [7, 11) is 5.51. The average molecular weight is 387 g/mol. The Hall–Kier alpha value is -3.94. The Morgan fingerprint density at radius 1 is 1.03 bits per heavy atom. The first kappa shape index (κ1) is 18.4. The topological polar surface area (TPSA) is 80.5 Å². The molecule has 2 aromatic carbocycles. The molecule has 0 bridgehead atoms. The van der Waals surface area contributed by atoms with Gasteiger partial charge in [-0.3, -0.25) is 0 Å². The summed E-state index contributed by atoms with van der Waals surface area (Å²) in [6.07, 6.45) is 5.27. The number of benzene rings is 2. The van der Waals surface area contributed by atoms with Crippen molar-refractivity contribution in [3.8, 4) is 11.4 Å². The molecule has 2 aromatic heterocycles. The summed E-state index contributed by atoms with van der Waals surface area (Å²) < 4.78 is 7.00. The summed E-state index contributed by atoms with van der Waals surface area (Å²) in [6, 6.07) is 15.4. The highest BCUT2D eigenvalue weighted by Crippen LogP contribution is 2.22. The molecular weight excluding hydrogens is 366 g/mol. The van der Waals surface area contributed by atoms with Gasteiger partial charge in [0.1, 0.15) is 5.75 Å². The molecule has 29 heavy (non-hydrogen) atoms. The Kier molecular flexibility index (Phi) is 5.07. The van der Waals surface area contributed by atoms with Crippen molar-refractivity contribution in [1.82, 2.24) is 24.6 Å². The van der Waals surface area contributed by atoms with Crippen LogP contribution < -0.4 is 10.1 Å². The number of hydrogen-bond donors (Lipinski definition) is 1. The largest absolute Gasteiger partial charge is 0.497 e. The molecule has 8 heteroatoms. The number of nitrogens with one attached hydrogen (secondary N) is 1. The van der Waals surface area contributed by atoms with Crippen molar-refractivity contribution in [2.75, 3.05) is 26.5 Å². The highest BCUT2D eigenvalue weighted by molar-refractivity contribution is 5.77. The molecule has 8 nitrogen and oxygen atoms in total. The maximum Gasteiger partial charge on any atom is 0.229 e. The van der Waals surface area contributed by atoms with Crippen LogP contribution in [0.4, 0.5) is 17.3 Å². The van der Waals surface area contributed by atoms with Gasteiger partial charge in [0.05, 0.1) is 36.4 Å². The van der Waals surface area contributed by atoms with Gasteiger partial charge in [0, 0.05) is 26.0 Å². The number of fused-ring (bicyclic) bond motifs is 1. The summed E-state index contributed by atoms with van der Waals surface area (Å²) in [5.41, 5.74) is 3.37. The molecule has 1 N–H and O–H groups in total. The van der Waals surface area contributed by atoms with Crippen molar-refractivity contribution >= 4 is 34.7 Å². The molecule has 0 saturated carbocycles. The van der Waals surface area contributed by atoms with E-state index in [0.717, 1.165) is 33.8 Å². The van der Waals surface area contributed by atoms with E-state index in [2.05, 4.69) is 25.4 Å². The third-order valence-electron chi connectivity index (χ3n) is 4.19. The predicted molar refractivity (Wildman–Crippen MR) is 115 cm³/mol. The lowest BCUT2D eigenvalue weighted by molar-refractivity contribution is 0.414. The molecule has 0 atom stereocenters. The van der Waals surface area contributed by atoms with Gasteiger partial charge in [0.15, 0.2) is 5.65 Å². The number of aliphatic imine (C=N–C) groups is 1. The average Bonchev–Trinajstić information content (AvgIpc) is 3.16. The Morgan fingerprint density at radius 3 is 2.48 bits per heavy atom. The number of anilines is 2. The van der Waals surface area contributed by atoms with Crippen LogP contribution in [0.15, 0.2) is 65.9 Å². The number of rotatable bonds is 6. The fourth-order valence-corrected chi connectivity index (χ4v) is 2.73. The van der Waals surface area contributed by atoms with E-state index in [1.807, 2.05) is 67.5 Å². The van der Waals surface area contributed by atoms with Crippen LogP contribution in [0.3, 0.4) is 0 Å². The number of aromatic nitrogens is 4. The van der Waals surface area contributed by atoms with Gasteiger partial charge in [0.2, 0.25) is 5.95 Å². The Bertz CT molecular complexity index is 1130. The van der Waals surface area contributed by atoms with E-state index in [1.165, 1.54) is 0 Å². The van der Waals surface area contributed by atoms with Crippen LogP contribution in [0.2, 0.25) is 0 Å². The smallest absolute Gasteiger partial charge is 0.229 e. The van der Waals surface area contributed by atoms with Crippen molar-refractivity contribution in [1.29, 1.82) is 0 Å². The van der Waals surface area contributed by atoms with Crippen molar-refractivity contribution < 1.29 is 4.74 Å². The monoisotopic (exact) mass is 387 g/mol. The van der Waals surface area contributed by atoms with Crippen molar-refractivity contribution in [2.24, 2.45) is 4.99 Å². The molecule has 0 radical (unpaired) electrons. The molecule has 2 heterocycles. The van der Waals surface area contributed by atoms with E-state index in [1.54, 1.807) is 30.5 Å². The number of hydrogen-bond acceptors (Lipinski definition) is 6. The molecule has 0 spiro atoms. The lowest BCUT2D eigenvalue weighted by Crippen LogP contribution is -2.06. The number of ether oxygens (including phenoxy) is 1. The zero-order chi connectivity index (χ0) is 20.2. The summed E-state index contributed by atoms with van der Waals surface area (Å²) in [4.78, 5) is 15.3. The second-order valence-corrected chi connectivity index (χ2v) is 6.61. The molecular formula is C21H21N7O. The van der Waals surface area contributed by atoms with Crippen molar-refractivity contribution in [3.05, 3.63) is 60.9 Å². The van der Waals surface area contributed by atoms with E-state index >= 15 is 0 Å². The molecule has 146 valence electrons. The van der Waals surface area contributed by atoms with E-state index in [0.29, 0.717) is 5.95 Å². The number of methoxy groups -OCH3 is 1. The minimum Gasteiger partial charge on any atom is -0.497 e. The van der Waals surface area contributed by atoms with Gasteiger partial charge >= 0.3 is 0 Å². The normalized spacial score (nSPS) is 11.1. The SMILES string of the molecule is COc1ccc(-n2ncc3cnc(Nc4ccc(/N=C/N(C)C)cc4)nc32)cc1. The first-order valence-electron chi connectivity index (χ1n) is 9.05. The van der Waals surface area contributed by atoms with Crippen molar-refractivity contribution in [2.45, 2.75) is 0 Å². The zero-order valence-electron chi connectivity index (χ0n) is 16.4. The molecule has 0 fully saturated rings. The molecule has 0 unspecified atom stereocenters. The van der Waals surface area contributed by atoms with Gasteiger partial charge in [-0.1, -0.05) is 0 Å². The quantitative estimate of drug-likeness (QED) is 0.400. The summed E-state index contributed by atoms with van der Waals surface area (Å²) in [5, 5.41) is 8.53. The van der Waals surface area contributed by atoms with Crippen LogP contribution >= 0.6 is 0 Å². The highest BCUT2D eigenvalue weighted by Gasteiger charge is 2.09. The van der Waals surface area contributed by atoms with Crippen LogP contribution in [-0.2, 0) is 0 Å². The standard InChI is InChI=1S/C21H21N7O/c1-27(2)14-23-16-4-6-17(7-5-16)25-21-22-12-15-13-24-28(20(15)26-21)18-8-10-19(29-3)11-9-18/h4-14H,1-3H3,(H,22,25,26)/b23-14+. The Balaban J connectivity index is 1.58. The van der Waals surface area contributed by atoms with Gasteiger partial charge in [-0.2, -0.15) is 10.1 Å². The minimum absolute atomic E-state index is 0.498. The van der Waals surface area contributed by atoms with Crippen molar-refractivity contribution in [3.63, 3.8) is 0 Å². The van der Waals surface area contributed by atoms with Crippen LogP contribution in [0.25, 0.3) is 16.7 Å². The van der Waals surface area contributed by atoms with E-state index in [-0.39, 0.29) is 0 Å². The van der Waals surface area contributed by atoms with E-state index in [9.17, 15) is 0 Å².